The van der Waals surface area contributed by atoms with Crippen molar-refractivity contribution in [2.24, 2.45) is 4.99 Å². The quantitative estimate of drug-likeness (QED) is 0.304. The fourth-order valence-corrected chi connectivity index (χ4v) is 5.31. The van der Waals surface area contributed by atoms with Crippen molar-refractivity contribution in [1.29, 1.82) is 0 Å². The summed E-state index contributed by atoms with van der Waals surface area (Å²) in [6.45, 7) is 4.81. The Labute approximate surface area is 199 Å². The molecule has 0 radical (unpaired) electrons. The predicted molar refractivity (Wildman–Crippen MR) is 131 cm³/mol. The van der Waals surface area contributed by atoms with Crippen molar-refractivity contribution in [2.75, 3.05) is 33.4 Å². The summed E-state index contributed by atoms with van der Waals surface area (Å²) in [6.07, 6.45) is 1.85. The molecule has 1 aliphatic heterocycles. The molecular weight excluding hydrogens is 537 g/mol. The van der Waals surface area contributed by atoms with Gasteiger partial charge in [-0.05, 0) is 18.1 Å². The second kappa shape index (κ2) is 11.9. The number of thiazole rings is 1. The Morgan fingerprint density at radius 3 is 2.50 bits per heavy atom. The highest BCUT2D eigenvalue weighted by Crippen LogP contribution is 2.16. The summed E-state index contributed by atoms with van der Waals surface area (Å²) in [4.78, 5) is 9.73. The van der Waals surface area contributed by atoms with Crippen LogP contribution in [0.3, 0.4) is 0 Å². The van der Waals surface area contributed by atoms with Gasteiger partial charge in [-0.3, -0.25) is 4.99 Å². The van der Waals surface area contributed by atoms with Crippen LogP contribution in [-0.2, 0) is 33.6 Å². The van der Waals surface area contributed by atoms with Crippen molar-refractivity contribution in [3.05, 3.63) is 51.5 Å². The summed E-state index contributed by atoms with van der Waals surface area (Å²) in [6, 6.07) is 7.58. The fraction of sp³-hybridized carbons (Fsp3) is 0.474. The van der Waals surface area contributed by atoms with Crippen molar-refractivity contribution in [2.45, 2.75) is 25.8 Å². The molecule has 3 rings (SSSR count). The van der Waals surface area contributed by atoms with Crippen LogP contribution in [0.1, 0.15) is 21.0 Å². The van der Waals surface area contributed by atoms with E-state index in [1.54, 1.807) is 18.4 Å². The lowest BCUT2D eigenvalue weighted by molar-refractivity contribution is 0.0729. The van der Waals surface area contributed by atoms with Crippen molar-refractivity contribution >= 4 is 51.3 Å². The third kappa shape index (κ3) is 7.15. The standard InChI is InChI=1S/C19H27N5O3S2.HI/c1-15-11-21-18(28-15)13-23-19(20-2)22-12-16-5-3-4-6-17(16)14-29(25,26)24-7-9-27-10-8-24;/h3-6,11H,7-10,12-14H2,1-2H3,(H2,20,22,23);1H. The van der Waals surface area contributed by atoms with Gasteiger partial charge in [0, 0.05) is 37.8 Å². The summed E-state index contributed by atoms with van der Waals surface area (Å²) in [5.74, 6) is 0.624. The summed E-state index contributed by atoms with van der Waals surface area (Å²) in [5, 5.41) is 7.48. The van der Waals surface area contributed by atoms with Gasteiger partial charge in [0.25, 0.3) is 0 Å². The number of benzene rings is 1. The first kappa shape index (κ1) is 25.0. The minimum atomic E-state index is -3.37. The minimum absolute atomic E-state index is 0. The zero-order chi connectivity index (χ0) is 20.7. The highest BCUT2D eigenvalue weighted by atomic mass is 127. The molecule has 0 saturated carbocycles. The van der Waals surface area contributed by atoms with E-state index in [1.165, 1.54) is 9.18 Å². The molecule has 0 atom stereocenters. The van der Waals surface area contributed by atoms with Crippen LogP contribution >= 0.6 is 35.3 Å². The Morgan fingerprint density at radius 2 is 1.87 bits per heavy atom. The third-order valence-electron chi connectivity index (χ3n) is 4.57. The number of aliphatic imine (C=N–C) groups is 1. The number of nitrogens with one attached hydrogen (secondary N) is 2. The molecule has 11 heteroatoms. The molecule has 0 spiro atoms. The zero-order valence-corrected chi connectivity index (χ0v) is 21.1. The smallest absolute Gasteiger partial charge is 0.218 e. The van der Waals surface area contributed by atoms with Crippen LogP contribution < -0.4 is 10.6 Å². The SMILES string of the molecule is CN=C(NCc1ncc(C)s1)NCc1ccccc1CS(=O)(=O)N1CCOCC1.I. The van der Waals surface area contributed by atoms with Crippen LogP contribution in [0.2, 0.25) is 0 Å². The molecule has 1 aliphatic rings. The summed E-state index contributed by atoms with van der Waals surface area (Å²) >= 11 is 1.64. The first-order valence-electron chi connectivity index (χ1n) is 9.46. The van der Waals surface area contributed by atoms with E-state index in [-0.39, 0.29) is 29.7 Å². The van der Waals surface area contributed by atoms with Gasteiger partial charge in [-0.2, -0.15) is 4.31 Å². The van der Waals surface area contributed by atoms with Gasteiger partial charge in [0.05, 0.1) is 25.5 Å². The molecule has 0 amide bonds. The van der Waals surface area contributed by atoms with Crippen LogP contribution in [0.5, 0.6) is 0 Å². The lowest BCUT2D eigenvalue weighted by Crippen LogP contribution is -2.41. The highest BCUT2D eigenvalue weighted by molar-refractivity contribution is 14.0. The van der Waals surface area contributed by atoms with Gasteiger partial charge in [-0.15, -0.1) is 35.3 Å². The monoisotopic (exact) mass is 565 g/mol. The fourth-order valence-electron chi connectivity index (χ4n) is 3.03. The molecule has 1 saturated heterocycles. The van der Waals surface area contributed by atoms with Crippen LogP contribution in [0.25, 0.3) is 0 Å². The Kier molecular flexibility index (Phi) is 9.94. The molecule has 0 unspecified atom stereocenters. The largest absolute Gasteiger partial charge is 0.379 e. The van der Waals surface area contributed by atoms with E-state index in [0.717, 1.165) is 16.1 Å². The molecule has 8 nitrogen and oxygen atoms in total. The van der Waals surface area contributed by atoms with E-state index in [1.807, 2.05) is 37.4 Å². The normalized spacial score (nSPS) is 15.5. The van der Waals surface area contributed by atoms with E-state index in [9.17, 15) is 8.42 Å². The van der Waals surface area contributed by atoms with Gasteiger partial charge in [0.1, 0.15) is 5.01 Å². The Bertz CT molecular complexity index is 943. The third-order valence-corrected chi connectivity index (χ3v) is 7.31. The Hall–Kier alpha value is -1.28. The van der Waals surface area contributed by atoms with Crippen molar-refractivity contribution in [3.63, 3.8) is 0 Å². The van der Waals surface area contributed by atoms with E-state index in [0.29, 0.717) is 45.4 Å². The topological polar surface area (TPSA) is 95.9 Å². The van der Waals surface area contributed by atoms with Gasteiger partial charge in [-0.25, -0.2) is 13.4 Å². The number of sulfonamides is 1. The van der Waals surface area contributed by atoms with E-state index < -0.39 is 10.0 Å². The van der Waals surface area contributed by atoms with Crippen molar-refractivity contribution in [3.8, 4) is 0 Å². The molecule has 1 aromatic carbocycles. The number of nitrogens with zero attached hydrogens (tertiary/aromatic N) is 3. The molecular formula is C19H28IN5O3S2. The molecule has 2 N–H and O–H groups in total. The van der Waals surface area contributed by atoms with Gasteiger partial charge in [0.2, 0.25) is 10.0 Å². The molecule has 0 bridgehead atoms. The molecule has 2 heterocycles. The number of rotatable bonds is 7. The maximum absolute atomic E-state index is 12.8. The number of hydrogen-bond donors (Lipinski definition) is 2. The molecule has 30 heavy (non-hydrogen) atoms. The second-order valence-electron chi connectivity index (χ2n) is 6.68. The maximum Gasteiger partial charge on any atom is 0.218 e. The van der Waals surface area contributed by atoms with Gasteiger partial charge >= 0.3 is 0 Å². The number of aromatic nitrogens is 1. The van der Waals surface area contributed by atoms with Crippen LogP contribution in [-0.4, -0.2) is 57.0 Å². The second-order valence-corrected chi connectivity index (χ2v) is 9.97. The number of ether oxygens (including phenoxy) is 1. The van der Waals surface area contributed by atoms with Gasteiger partial charge < -0.3 is 15.4 Å². The van der Waals surface area contributed by atoms with E-state index in [4.69, 9.17) is 4.74 Å². The van der Waals surface area contributed by atoms with Crippen molar-refractivity contribution < 1.29 is 13.2 Å². The molecule has 0 aliphatic carbocycles. The number of halogens is 1. The van der Waals surface area contributed by atoms with Crippen LogP contribution in [0.15, 0.2) is 35.5 Å². The number of guanidine groups is 1. The van der Waals surface area contributed by atoms with E-state index >= 15 is 0 Å². The van der Waals surface area contributed by atoms with Crippen molar-refractivity contribution in [1.82, 2.24) is 19.9 Å². The average Bonchev–Trinajstić information content (AvgIpc) is 3.15. The maximum atomic E-state index is 12.8. The zero-order valence-electron chi connectivity index (χ0n) is 17.1. The first-order valence-corrected chi connectivity index (χ1v) is 11.9. The van der Waals surface area contributed by atoms with Gasteiger partial charge in [0.15, 0.2) is 5.96 Å². The molecule has 1 aromatic heterocycles. The van der Waals surface area contributed by atoms with Crippen LogP contribution in [0, 0.1) is 6.92 Å². The summed E-state index contributed by atoms with van der Waals surface area (Å²) in [5.41, 5.74) is 1.72. The van der Waals surface area contributed by atoms with Crippen LogP contribution in [0.4, 0.5) is 0 Å². The minimum Gasteiger partial charge on any atom is -0.379 e. The lowest BCUT2D eigenvalue weighted by atomic mass is 10.1. The molecule has 166 valence electrons. The summed E-state index contributed by atoms with van der Waals surface area (Å²) in [7, 11) is -1.67. The lowest BCUT2D eigenvalue weighted by Gasteiger charge is -2.26. The predicted octanol–water partition coefficient (Wildman–Crippen LogP) is 2.10. The number of morpholine rings is 1. The Balaban J connectivity index is 0.00000320. The van der Waals surface area contributed by atoms with E-state index in [2.05, 4.69) is 20.6 Å². The summed E-state index contributed by atoms with van der Waals surface area (Å²) < 4.78 is 32.3. The van der Waals surface area contributed by atoms with Gasteiger partial charge in [-0.1, -0.05) is 24.3 Å². The number of hydrogen-bond acceptors (Lipinski definition) is 6. The number of aryl methyl sites for hydroxylation is 1. The highest BCUT2D eigenvalue weighted by Gasteiger charge is 2.25. The first-order chi connectivity index (χ1) is 14.0. The Morgan fingerprint density at radius 1 is 1.20 bits per heavy atom. The average molecular weight is 566 g/mol. The molecule has 2 aromatic rings. The molecule has 1 fully saturated rings.